The average Bonchev–Trinajstić information content (AvgIpc) is 2.93. The fourth-order valence-electron chi connectivity index (χ4n) is 2.16. The second-order valence-electron chi connectivity index (χ2n) is 4.95. The highest BCUT2D eigenvalue weighted by atomic mass is 35.5. The van der Waals surface area contributed by atoms with Gasteiger partial charge in [0.15, 0.2) is 0 Å². The van der Waals surface area contributed by atoms with Gasteiger partial charge in [-0.25, -0.2) is 4.68 Å². The first-order valence-corrected chi connectivity index (χ1v) is 7.48. The molecule has 2 aromatic carbocycles. The van der Waals surface area contributed by atoms with E-state index in [0.717, 1.165) is 11.0 Å². The van der Waals surface area contributed by atoms with Crippen LogP contribution in [0, 0.1) is 0 Å². The summed E-state index contributed by atoms with van der Waals surface area (Å²) in [7, 11) is 1.79. The lowest BCUT2D eigenvalue weighted by molar-refractivity contribution is 0.0947. The van der Waals surface area contributed by atoms with Crippen LogP contribution in [0.3, 0.4) is 0 Å². The molecule has 0 unspecified atom stereocenters. The van der Waals surface area contributed by atoms with Crippen molar-refractivity contribution in [3.05, 3.63) is 53.1 Å². The van der Waals surface area contributed by atoms with Gasteiger partial charge in [0.05, 0.1) is 17.1 Å². The molecule has 0 saturated heterocycles. The van der Waals surface area contributed by atoms with Crippen LogP contribution >= 0.6 is 11.6 Å². The number of aryl methyl sites for hydroxylation is 1. The standard InChI is InChI=1S/C16H15ClN4O2/c1-21-14-10-11(6-7-13(14)19-20-21)16(22)18-8-9-23-15-5-3-2-4-12(15)17/h2-7,10H,8-9H2,1H3,(H,18,22). The highest BCUT2D eigenvalue weighted by Crippen LogP contribution is 2.22. The van der Waals surface area contributed by atoms with E-state index in [4.69, 9.17) is 16.3 Å². The van der Waals surface area contributed by atoms with Crippen molar-refractivity contribution in [2.45, 2.75) is 0 Å². The van der Waals surface area contributed by atoms with E-state index in [-0.39, 0.29) is 5.91 Å². The van der Waals surface area contributed by atoms with E-state index in [0.29, 0.717) is 29.5 Å². The van der Waals surface area contributed by atoms with E-state index in [2.05, 4.69) is 15.6 Å². The number of ether oxygens (including phenoxy) is 1. The van der Waals surface area contributed by atoms with Crippen molar-refractivity contribution in [1.82, 2.24) is 20.3 Å². The number of hydrogen-bond donors (Lipinski definition) is 1. The molecule has 0 fully saturated rings. The van der Waals surface area contributed by atoms with Crippen LogP contribution in [0.5, 0.6) is 5.75 Å². The van der Waals surface area contributed by atoms with Crippen LogP contribution in [0.15, 0.2) is 42.5 Å². The molecule has 6 nitrogen and oxygen atoms in total. The third kappa shape index (κ3) is 3.43. The Hall–Kier alpha value is -2.60. The molecule has 0 aliphatic carbocycles. The van der Waals surface area contributed by atoms with Gasteiger partial charge in [0.2, 0.25) is 0 Å². The van der Waals surface area contributed by atoms with E-state index in [1.807, 2.05) is 12.1 Å². The molecule has 0 radical (unpaired) electrons. The lowest BCUT2D eigenvalue weighted by Gasteiger charge is -2.09. The summed E-state index contributed by atoms with van der Waals surface area (Å²) >= 11 is 5.99. The Morgan fingerprint density at radius 2 is 2.13 bits per heavy atom. The summed E-state index contributed by atoms with van der Waals surface area (Å²) in [6.07, 6.45) is 0. The average molecular weight is 331 g/mol. The predicted octanol–water partition coefficient (Wildman–Crippen LogP) is 2.43. The van der Waals surface area contributed by atoms with Gasteiger partial charge < -0.3 is 10.1 Å². The maximum atomic E-state index is 12.2. The summed E-state index contributed by atoms with van der Waals surface area (Å²) in [5.74, 6) is 0.432. The largest absolute Gasteiger partial charge is 0.490 e. The van der Waals surface area contributed by atoms with Gasteiger partial charge in [-0.15, -0.1) is 5.10 Å². The van der Waals surface area contributed by atoms with E-state index in [1.165, 1.54) is 0 Å². The Balaban J connectivity index is 1.56. The quantitative estimate of drug-likeness (QED) is 0.729. The summed E-state index contributed by atoms with van der Waals surface area (Å²) in [4.78, 5) is 12.2. The molecule has 118 valence electrons. The summed E-state index contributed by atoms with van der Waals surface area (Å²) in [6, 6.07) is 12.5. The Bertz CT molecular complexity index is 847. The molecular formula is C16H15ClN4O2. The van der Waals surface area contributed by atoms with Crippen LogP contribution in [0.2, 0.25) is 5.02 Å². The van der Waals surface area contributed by atoms with Crippen molar-refractivity contribution >= 4 is 28.5 Å². The van der Waals surface area contributed by atoms with Gasteiger partial charge in [-0.1, -0.05) is 28.9 Å². The molecule has 1 aromatic heterocycles. The number of amides is 1. The van der Waals surface area contributed by atoms with Gasteiger partial charge >= 0.3 is 0 Å². The number of carbonyl (C=O) groups is 1. The molecular weight excluding hydrogens is 316 g/mol. The van der Waals surface area contributed by atoms with Gasteiger partial charge in [0.1, 0.15) is 17.9 Å². The molecule has 0 aliphatic rings. The number of rotatable bonds is 5. The fraction of sp³-hybridized carbons (Fsp3) is 0.188. The van der Waals surface area contributed by atoms with Crippen LogP contribution in [0.25, 0.3) is 11.0 Å². The third-order valence-corrected chi connectivity index (χ3v) is 3.67. The molecule has 0 atom stereocenters. The smallest absolute Gasteiger partial charge is 0.251 e. The number of halogens is 1. The van der Waals surface area contributed by atoms with Crippen molar-refractivity contribution in [3.8, 4) is 5.75 Å². The number of nitrogens with one attached hydrogen (secondary N) is 1. The lowest BCUT2D eigenvalue weighted by atomic mass is 10.2. The van der Waals surface area contributed by atoms with Gasteiger partial charge in [0.25, 0.3) is 5.91 Å². The zero-order valence-corrected chi connectivity index (χ0v) is 13.2. The molecule has 3 aromatic rings. The van der Waals surface area contributed by atoms with Crippen LogP contribution in [0.4, 0.5) is 0 Å². The minimum atomic E-state index is -0.171. The molecule has 7 heteroatoms. The highest BCUT2D eigenvalue weighted by molar-refractivity contribution is 6.32. The molecule has 0 bridgehead atoms. The summed E-state index contributed by atoms with van der Waals surface area (Å²) in [5, 5.41) is 11.3. The molecule has 0 saturated carbocycles. The monoisotopic (exact) mass is 330 g/mol. The van der Waals surface area contributed by atoms with Crippen molar-refractivity contribution in [2.24, 2.45) is 7.05 Å². The molecule has 3 rings (SSSR count). The first-order chi connectivity index (χ1) is 11.1. The minimum absolute atomic E-state index is 0.171. The topological polar surface area (TPSA) is 69.0 Å². The molecule has 1 heterocycles. The highest BCUT2D eigenvalue weighted by Gasteiger charge is 2.09. The van der Waals surface area contributed by atoms with Crippen LogP contribution in [-0.4, -0.2) is 34.1 Å². The number of carbonyl (C=O) groups excluding carboxylic acids is 1. The Kier molecular flexibility index (Phi) is 4.43. The maximum absolute atomic E-state index is 12.2. The number of fused-ring (bicyclic) bond motifs is 1. The summed E-state index contributed by atoms with van der Waals surface area (Å²) in [5.41, 5.74) is 2.12. The normalized spacial score (nSPS) is 10.7. The van der Waals surface area contributed by atoms with Crippen molar-refractivity contribution in [3.63, 3.8) is 0 Å². The van der Waals surface area contributed by atoms with E-state index in [9.17, 15) is 4.79 Å². The first-order valence-electron chi connectivity index (χ1n) is 7.10. The number of hydrogen-bond acceptors (Lipinski definition) is 4. The van der Waals surface area contributed by atoms with Gasteiger partial charge in [-0.2, -0.15) is 0 Å². The van der Waals surface area contributed by atoms with Crippen LogP contribution < -0.4 is 10.1 Å². The number of para-hydroxylation sites is 1. The minimum Gasteiger partial charge on any atom is -0.490 e. The van der Waals surface area contributed by atoms with Crippen molar-refractivity contribution in [2.75, 3.05) is 13.2 Å². The fourth-order valence-corrected chi connectivity index (χ4v) is 2.35. The van der Waals surface area contributed by atoms with Crippen LogP contribution in [0.1, 0.15) is 10.4 Å². The molecule has 1 amide bonds. The number of aromatic nitrogens is 3. The van der Waals surface area contributed by atoms with Crippen LogP contribution in [-0.2, 0) is 7.05 Å². The second-order valence-corrected chi connectivity index (χ2v) is 5.36. The maximum Gasteiger partial charge on any atom is 0.251 e. The molecule has 23 heavy (non-hydrogen) atoms. The summed E-state index contributed by atoms with van der Waals surface area (Å²) < 4.78 is 7.16. The Labute approximate surface area is 138 Å². The van der Waals surface area contributed by atoms with E-state index in [1.54, 1.807) is 42.1 Å². The second kappa shape index (κ2) is 6.66. The Morgan fingerprint density at radius 1 is 1.30 bits per heavy atom. The lowest BCUT2D eigenvalue weighted by Crippen LogP contribution is -2.28. The zero-order chi connectivity index (χ0) is 16.2. The summed E-state index contributed by atoms with van der Waals surface area (Å²) in [6.45, 7) is 0.719. The predicted molar refractivity (Wildman–Crippen MR) is 87.8 cm³/mol. The molecule has 0 aliphatic heterocycles. The van der Waals surface area contributed by atoms with Crippen molar-refractivity contribution in [1.29, 1.82) is 0 Å². The van der Waals surface area contributed by atoms with E-state index < -0.39 is 0 Å². The molecule has 0 spiro atoms. The zero-order valence-electron chi connectivity index (χ0n) is 12.5. The third-order valence-electron chi connectivity index (χ3n) is 3.35. The number of benzene rings is 2. The Morgan fingerprint density at radius 3 is 2.96 bits per heavy atom. The SMILES string of the molecule is Cn1nnc2ccc(C(=O)NCCOc3ccccc3Cl)cc21. The first kappa shape index (κ1) is 15.3. The molecule has 1 N–H and O–H groups in total. The van der Waals surface area contributed by atoms with Crippen molar-refractivity contribution < 1.29 is 9.53 Å². The van der Waals surface area contributed by atoms with E-state index >= 15 is 0 Å². The van der Waals surface area contributed by atoms with Gasteiger partial charge in [-0.05, 0) is 30.3 Å². The van der Waals surface area contributed by atoms with Gasteiger partial charge in [-0.3, -0.25) is 4.79 Å². The number of nitrogens with zero attached hydrogens (tertiary/aromatic N) is 3. The van der Waals surface area contributed by atoms with Gasteiger partial charge in [0, 0.05) is 12.6 Å².